The van der Waals surface area contributed by atoms with Gasteiger partial charge in [-0.15, -0.1) is 0 Å². The van der Waals surface area contributed by atoms with Gasteiger partial charge in [-0.05, 0) is 26.7 Å². The lowest BCUT2D eigenvalue weighted by atomic mass is 10.0. The quantitative estimate of drug-likeness (QED) is 0.247. The van der Waals surface area contributed by atoms with Crippen LogP contribution < -0.4 is 0 Å². The minimum Gasteiger partial charge on any atom is -0.462 e. The highest BCUT2D eigenvalue weighted by molar-refractivity contribution is 5.77. The smallest absolute Gasteiger partial charge is 0.376 e. The third kappa shape index (κ3) is 10.3. The molecule has 0 N–H and O–H groups in total. The van der Waals surface area contributed by atoms with Crippen molar-refractivity contribution in [2.24, 2.45) is 0 Å². The molecule has 0 aromatic carbocycles. The average Bonchev–Trinajstić information content (AvgIpc) is 2.53. The van der Waals surface area contributed by atoms with E-state index < -0.39 is 36.6 Å². The third-order valence-corrected chi connectivity index (χ3v) is 3.63. The molecule has 8 heteroatoms. The lowest BCUT2D eigenvalue weighted by Crippen LogP contribution is -2.30. The summed E-state index contributed by atoms with van der Waals surface area (Å²) in [6, 6.07) is 0. The van der Waals surface area contributed by atoms with Gasteiger partial charge in [0, 0.05) is 12.8 Å². The molecule has 0 fully saturated rings. The Morgan fingerprint density at radius 1 is 0.640 bits per heavy atom. The van der Waals surface area contributed by atoms with Crippen LogP contribution in [0, 0.1) is 0 Å². The maximum Gasteiger partial charge on any atom is 0.376 e. The molecule has 0 unspecified atom stereocenters. The van der Waals surface area contributed by atoms with Crippen LogP contribution in [0.4, 0.5) is 17.6 Å². The number of carbonyl (C=O) groups is 2. The molecule has 0 aliphatic carbocycles. The minimum atomic E-state index is -3.45. The van der Waals surface area contributed by atoms with Crippen molar-refractivity contribution in [3.8, 4) is 0 Å². The van der Waals surface area contributed by atoms with Crippen molar-refractivity contribution in [2.75, 3.05) is 13.2 Å². The van der Waals surface area contributed by atoms with E-state index in [1.807, 2.05) is 0 Å². The first-order valence-corrected chi connectivity index (χ1v) is 8.77. The Morgan fingerprint density at radius 2 is 0.920 bits per heavy atom. The van der Waals surface area contributed by atoms with Crippen LogP contribution in [-0.2, 0) is 19.1 Å². The second kappa shape index (κ2) is 12.1. The van der Waals surface area contributed by atoms with E-state index in [2.05, 4.69) is 9.47 Å². The lowest BCUT2D eigenvalue weighted by molar-refractivity contribution is -0.172. The Morgan fingerprint density at radius 3 is 1.20 bits per heavy atom. The van der Waals surface area contributed by atoms with Gasteiger partial charge in [0.15, 0.2) is 0 Å². The average molecular weight is 372 g/mol. The fourth-order valence-corrected chi connectivity index (χ4v) is 2.26. The number of alkyl halides is 4. The van der Waals surface area contributed by atoms with E-state index in [9.17, 15) is 27.2 Å². The van der Waals surface area contributed by atoms with Gasteiger partial charge in [-0.2, -0.15) is 17.6 Å². The van der Waals surface area contributed by atoms with Gasteiger partial charge in [0.05, 0.1) is 13.2 Å². The largest absolute Gasteiger partial charge is 0.462 e. The fourth-order valence-electron chi connectivity index (χ4n) is 2.26. The predicted molar refractivity (Wildman–Crippen MR) is 84.7 cm³/mol. The summed E-state index contributed by atoms with van der Waals surface area (Å²) in [7, 11) is 0. The topological polar surface area (TPSA) is 52.6 Å². The number of unbranched alkanes of at least 4 members (excludes halogenated alkanes) is 6. The molecule has 0 heterocycles. The van der Waals surface area contributed by atoms with Crippen LogP contribution in [0.3, 0.4) is 0 Å². The first-order valence-electron chi connectivity index (χ1n) is 8.77. The molecule has 0 rings (SSSR count). The second-order valence-electron chi connectivity index (χ2n) is 5.82. The Kier molecular flexibility index (Phi) is 11.4. The van der Waals surface area contributed by atoms with E-state index in [1.165, 1.54) is 13.8 Å². The van der Waals surface area contributed by atoms with E-state index in [0.29, 0.717) is 25.7 Å². The van der Waals surface area contributed by atoms with Gasteiger partial charge in [0.2, 0.25) is 0 Å². The van der Waals surface area contributed by atoms with Gasteiger partial charge in [-0.1, -0.05) is 32.1 Å². The lowest BCUT2D eigenvalue weighted by Gasteiger charge is -2.14. The molecule has 0 aliphatic heterocycles. The van der Waals surface area contributed by atoms with Gasteiger partial charge < -0.3 is 9.47 Å². The van der Waals surface area contributed by atoms with E-state index in [4.69, 9.17) is 0 Å². The molecule has 0 atom stereocenters. The summed E-state index contributed by atoms with van der Waals surface area (Å²) >= 11 is 0. The molecular weight excluding hydrogens is 344 g/mol. The van der Waals surface area contributed by atoms with Crippen molar-refractivity contribution in [2.45, 2.75) is 83.5 Å². The van der Waals surface area contributed by atoms with Gasteiger partial charge in [-0.3, -0.25) is 0 Å². The normalized spacial score (nSPS) is 12.1. The molecule has 25 heavy (non-hydrogen) atoms. The summed E-state index contributed by atoms with van der Waals surface area (Å²) in [4.78, 5) is 22.0. The first kappa shape index (κ1) is 23.7. The van der Waals surface area contributed by atoms with E-state index >= 15 is 0 Å². The molecule has 0 bridgehead atoms. The van der Waals surface area contributed by atoms with Crippen LogP contribution in [0.2, 0.25) is 0 Å². The number of esters is 2. The molecule has 0 radical (unpaired) electrons. The molecular formula is C17H28F4O4. The van der Waals surface area contributed by atoms with Gasteiger partial charge in [0.25, 0.3) is 0 Å². The molecule has 0 spiro atoms. The molecule has 0 saturated carbocycles. The SMILES string of the molecule is CCOC(=O)C(F)(F)CCCCCCCCCC(F)(F)C(=O)OCC. The summed E-state index contributed by atoms with van der Waals surface area (Å²) in [5.74, 6) is -9.88. The second-order valence-corrected chi connectivity index (χ2v) is 5.82. The summed E-state index contributed by atoms with van der Waals surface area (Å²) in [6.45, 7) is 2.78. The zero-order chi connectivity index (χ0) is 19.3. The number of halogens is 4. The zero-order valence-electron chi connectivity index (χ0n) is 14.9. The molecule has 0 aromatic rings. The van der Waals surface area contributed by atoms with Crippen molar-refractivity contribution < 1.29 is 36.6 Å². The van der Waals surface area contributed by atoms with Crippen molar-refractivity contribution in [3.05, 3.63) is 0 Å². The van der Waals surface area contributed by atoms with Crippen molar-refractivity contribution in [3.63, 3.8) is 0 Å². The van der Waals surface area contributed by atoms with Crippen molar-refractivity contribution in [1.82, 2.24) is 0 Å². The summed E-state index contributed by atoms with van der Waals surface area (Å²) in [6.07, 6.45) is 2.49. The Bertz CT molecular complexity index is 364. The van der Waals surface area contributed by atoms with Crippen LogP contribution in [0.15, 0.2) is 0 Å². The van der Waals surface area contributed by atoms with Crippen LogP contribution in [0.1, 0.15) is 71.6 Å². The maximum atomic E-state index is 13.3. The standard InChI is InChI=1S/C17H28F4O4/c1-3-24-14(22)16(18,19)12-10-8-6-5-7-9-11-13-17(20,21)15(23)25-4-2/h3-13H2,1-2H3. The number of ether oxygens (including phenoxy) is 2. The molecule has 0 aromatic heterocycles. The van der Waals surface area contributed by atoms with Crippen LogP contribution in [-0.4, -0.2) is 37.0 Å². The number of rotatable bonds is 14. The van der Waals surface area contributed by atoms with E-state index in [1.54, 1.807) is 0 Å². The molecule has 0 aliphatic rings. The van der Waals surface area contributed by atoms with Gasteiger partial charge >= 0.3 is 23.8 Å². The molecule has 148 valence electrons. The van der Waals surface area contributed by atoms with Crippen LogP contribution >= 0.6 is 0 Å². The number of hydrogen-bond acceptors (Lipinski definition) is 4. The minimum absolute atomic E-state index is 0.0797. The number of hydrogen-bond donors (Lipinski definition) is 0. The highest BCUT2D eigenvalue weighted by atomic mass is 19.3. The highest BCUT2D eigenvalue weighted by Gasteiger charge is 2.40. The molecule has 0 saturated heterocycles. The highest BCUT2D eigenvalue weighted by Crippen LogP contribution is 2.25. The third-order valence-electron chi connectivity index (χ3n) is 3.63. The fraction of sp³-hybridized carbons (Fsp3) is 0.882. The summed E-state index contributed by atoms with van der Waals surface area (Å²) < 4.78 is 61.9. The van der Waals surface area contributed by atoms with Gasteiger partial charge in [-0.25, -0.2) is 9.59 Å². The van der Waals surface area contributed by atoms with E-state index in [0.717, 1.165) is 6.42 Å². The van der Waals surface area contributed by atoms with Crippen molar-refractivity contribution in [1.29, 1.82) is 0 Å². The maximum absolute atomic E-state index is 13.3. The monoisotopic (exact) mass is 372 g/mol. The Balaban J connectivity index is 3.68. The van der Waals surface area contributed by atoms with E-state index in [-0.39, 0.29) is 26.1 Å². The molecule has 4 nitrogen and oxygen atoms in total. The predicted octanol–water partition coefficient (Wildman–Crippen LogP) is 4.89. The zero-order valence-corrected chi connectivity index (χ0v) is 14.9. The van der Waals surface area contributed by atoms with Gasteiger partial charge in [0.1, 0.15) is 0 Å². The Hall–Kier alpha value is -1.34. The summed E-state index contributed by atoms with van der Waals surface area (Å²) in [5.41, 5.74) is 0. The Labute approximate surface area is 146 Å². The van der Waals surface area contributed by atoms with Crippen LogP contribution in [0.5, 0.6) is 0 Å². The van der Waals surface area contributed by atoms with Crippen LogP contribution in [0.25, 0.3) is 0 Å². The van der Waals surface area contributed by atoms with Crippen molar-refractivity contribution >= 4 is 11.9 Å². The molecule has 0 amide bonds. The summed E-state index contributed by atoms with van der Waals surface area (Å²) in [5, 5.41) is 0. The number of carbonyl (C=O) groups excluding carboxylic acids is 2. The first-order chi connectivity index (χ1) is 11.7.